The van der Waals surface area contributed by atoms with Gasteiger partial charge in [-0.2, -0.15) is 5.10 Å². The molecule has 5 heteroatoms. The van der Waals surface area contributed by atoms with Gasteiger partial charge < -0.3 is 14.8 Å². The minimum absolute atomic E-state index is 0.398. The summed E-state index contributed by atoms with van der Waals surface area (Å²) in [5.74, 6) is 1.37. The zero-order chi connectivity index (χ0) is 18.0. The summed E-state index contributed by atoms with van der Waals surface area (Å²) in [4.78, 5) is 0. The number of para-hydroxylation sites is 1. The zero-order valence-corrected chi connectivity index (χ0v) is 15.2. The predicted octanol–water partition coefficient (Wildman–Crippen LogP) is 3.39. The zero-order valence-electron chi connectivity index (χ0n) is 15.2. The maximum atomic E-state index is 10.6. The highest BCUT2D eigenvalue weighted by Gasteiger charge is 2.26. The summed E-state index contributed by atoms with van der Waals surface area (Å²) in [6.45, 7) is 8.74. The highest BCUT2D eigenvalue weighted by atomic mass is 16.4. The van der Waals surface area contributed by atoms with Crippen LogP contribution >= 0.6 is 0 Å². The fourth-order valence-electron chi connectivity index (χ4n) is 2.99. The first kappa shape index (κ1) is 17.5. The number of nitrogens with zero attached hydrogens (tertiary/aromatic N) is 2. The number of benzene rings is 1. The third-order valence-electron chi connectivity index (χ3n) is 4.48. The van der Waals surface area contributed by atoms with E-state index in [0.29, 0.717) is 18.8 Å². The van der Waals surface area contributed by atoms with E-state index in [9.17, 15) is 5.11 Å². The van der Waals surface area contributed by atoms with Crippen LogP contribution in [0.1, 0.15) is 35.4 Å². The van der Waals surface area contributed by atoms with E-state index in [1.807, 2.05) is 61.0 Å². The van der Waals surface area contributed by atoms with E-state index in [4.69, 9.17) is 4.42 Å². The van der Waals surface area contributed by atoms with Crippen molar-refractivity contribution in [2.24, 2.45) is 0 Å². The molecule has 0 saturated carbocycles. The van der Waals surface area contributed by atoms with Gasteiger partial charge in [0.1, 0.15) is 17.1 Å². The molecule has 0 spiro atoms. The summed E-state index contributed by atoms with van der Waals surface area (Å²) < 4.78 is 7.51. The Labute approximate surface area is 148 Å². The molecule has 1 aromatic carbocycles. The van der Waals surface area contributed by atoms with E-state index in [1.165, 1.54) is 0 Å². The molecular weight excluding hydrogens is 314 g/mol. The molecular formula is C20H25N3O2. The molecule has 1 unspecified atom stereocenters. The summed E-state index contributed by atoms with van der Waals surface area (Å²) in [5, 5.41) is 18.6. The monoisotopic (exact) mass is 339 g/mol. The Hall–Kier alpha value is -2.37. The van der Waals surface area contributed by atoms with Gasteiger partial charge in [-0.1, -0.05) is 18.2 Å². The second-order valence-corrected chi connectivity index (χ2v) is 6.68. The Morgan fingerprint density at radius 3 is 2.48 bits per heavy atom. The summed E-state index contributed by atoms with van der Waals surface area (Å²) in [6.07, 6.45) is 0. The third kappa shape index (κ3) is 3.67. The third-order valence-corrected chi connectivity index (χ3v) is 4.48. The van der Waals surface area contributed by atoms with Crippen molar-refractivity contribution in [1.29, 1.82) is 0 Å². The van der Waals surface area contributed by atoms with E-state index in [1.54, 1.807) is 6.92 Å². The summed E-state index contributed by atoms with van der Waals surface area (Å²) >= 11 is 0. The lowest BCUT2D eigenvalue weighted by molar-refractivity contribution is 0.0332. The van der Waals surface area contributed by atoms with E-state index in [-0.39, 0.29) is 0 Å². The average molecular weight is 339 g/mol. The van der Waals surface area contributed by atoms with Gasteiger partial charge in [0.2, 0.25) is 0 Å². The number of hydrogen-bond acceptors (Lipinski definition) is 4. The fourth-order valence-corrected chi connectivity index (χ4v) is 2.99. The van der Waals surface area contributed by atoms with Gasteiger partial charge >= 0.3 is 0 Å². The number of furan rings is 1. The van der Waals surface area contributed by atoms with Crippen molar-refractivity contribution in [1.82, 2.24) is 15.1 Å². The lowest BCUT2D eigenvalue weighted by Crippen LogP contribution is -2.35. The Balaban J connectivity index is 1.71. The van der Waals surface area contributed by atoms with Gasteiger partial charge in [-0.25, -0.2) is 4.68 Å². The number of aromatic nitrogens is 2. The Morgan fingerprint density at radius 1 is 1.12 bits per heavy atom. The second kappa shape index (κ2) is 6.86. The van der Waals surface area contributed by atoms with Crippen molar-refractivity contribution in [3.63, 3.8) is 0 Å². The first-order chi connectivity index (χ1) is 11.9. The van der Waals surface area contributed by atoms with E-state index < -0.39 is 5.60 Å². The SMILES string of the molecule is Cc1ccc(C(C)(O)CNCc2c(C)nn(-c3ccccc3)c2C)o1. The minimum Gasteiger partial charge on any atom is -0.463 e. The molecule has 2 heterocycles. The van der Waals surface area contributed by atoms with Crippen molar-refractivity contribution < 1.29 is 9.52 Å². The molecule has 3 rings (SSSR count). The smallest absolute Gasteiger partial charge is 0.136 e. The van der Waals surface area contributed by atoms with E-state index >= 15 is 0 Å². The lowest BCUT2D eigenvalue weighted by Gasteiger charge is -2.21. The Morgan fingerprint density at radius 2 is 1.84 bits per heavy atom. The van der Waals surface area contributed by atoms with Crippen LogP contribution in [0.15, 0.2) is 46.9 Å². The Kier molecular flexibility index (Phi) is 4.79. The lowest BCUT2D eigenvalue weighted by atomic mass is 10.0. The quantitative estimate of drug-likeness (QED) is 0.723. The first-order valence-electron chi connectivity index (χ1n) is 8.49. The average Bonchev–Trinajstić information content (AvgIpc) is 3.14. The molecule has 3 aromatic rings. The van der Waals surface area contributed by atoms with Crippen LogP contribution in [0.2, 0.25) is 0 Å². The molecule has 0 aliphatic heterocycles. The van der Waals surface area contributed by atoms with Crippen molar-refractivity contribution >= 4 is 0 Å². The van der Waals surface area contributed by atoms with Crippen LogP contribution in [0, 0.1) is 20.8 Å². The number of nitrogens with one attached hydrogen (secondary N) is 1. The van der Waals surface area contributed by atoms with Crippen LogP contribution in [0.5, 0.6) is 0 Å². The standard InChI is InChI=1S/C20H25N3O2/c1-14-10-11-19(25-14)20(4,24)13-21-12-18-15(2)22-23(16(18)3)17-8-6-5-7-9-17/h5-11,21,24H,12-13H2,1-4H3. The van der Waals surface area contributed by atoms with Crippen LogP contribution < -0.4 is 5.32 Å². The Bertz CT molecular complexity index is 847. The van der Waals surface area contributed by atoms with Gasteiger partial charge in [0.15, 0.2) is 0 Å². The molecule has 0 aliphatic carbocycles. The van der Waals surface area contributed by atoms with E-state index in [2.05, 4.69) is 17.3 Å². The van der Waals surface area contributed by atoms with Crippen LogP contribution in [0.4, 0.5) is 0 Å². The van der Waals surface area contributed by atoms with Gasteiger partial charge in [0.05, 0.1) is 11.4 Å². The fraction of sp³-hybridized carbons (Fsp3) is 0.350. The number of aliphatic hydroxyl groups is 1. The molecule has 0 amide bonds. The summed E-state index contributed by atoms with van der Waals surface area (Å²) in [7, 11) is 0. The summed E-state index contributed by atoms with van der Waals surface area (Å²) in [5.41, 5.74) is 3.24. The number of rotatable bonds is 6. The van der Waals surface area contributed by atoms with Crippen molar-refractivity contribution in [2.75, 3.05) is 6.54 Å². The number of hydrogen-bond donors (Lipinski definition) is 2. The molecule has 0 aliphatic rings. The molecule has 2 N–H and O–H groups in total. The van der Waals surface area contributed by atoms with Crippen LogP contribution in [0.25, 0.3) is 5.69 Å². The molecule has 5 nitrogen and oxygen atoms in total. The second-order valence-electron chi connectivity index (χ2n) is 6.68. The molecule has 1 atom stereocenters. The van der Waals surface area contributed by atoms with Crippen LogP contribution in [0.3, 0.4) is 0 Å². The normalized spacial score (nSPS) is 13.8. The van der Waals surface area contributed by atoms with Gasteiger partial charge in [0, 0.05) is 24.3 Å². The van der Waals surface area contributed by atoms with Gasteiger partial charge in [0.25, 0.3) is 0 Å². The molecule has 25 heavy (non-hydrogen) atoms. The molecule has 0 bridgehead atoms. The minimum atomic E-state index is -1.05. The highest BCUT2D eigenvalue weighted by molar-refractivity contribution is 5.36. The van der Waals surface area contributed by atoms with Crippen LogP contribution in [-0.4, -0.2) is 21.4 Å². The molecule has 0 saturated heterocycles. The molecule has 2 aromatic heterocycles. The highest BCUT2D eigenvalue weighted by Crippen LogP contribution is 2.23. The predicted molar refractivity (Wildman–Crippen MR) is 97.8 cm³/mol. The van der Waals surface area contributed by atoms with Crippen molar-refractivity contribution in [3.8, 4) is 5.69 Å². The molecule has 132 valence electrons. The molecule has 0 fully saturated rings. The number of aryl methyl sites for hydroxylation is 2. The largest absolute Gasteiger partial charge is 0.463 e. The first-order valence-corrected chi connectivity index (χ1v) is 8.49. The maximum absolute atomic E-state index is 10.6. The maximum Gasteiger partial charge on any atom is 0.136 e. The van der Waals surface area contributed by atoms with Crippen LogP contribution in [-0.2, 0) is 12.1 Å². The molecule has 0 radical (unpaired) electrons. The van der Waals surface area contributed by atoms with Gasteiger partial charge in [-0.3, -0.25) is 0 Å². The topological polar surface area (TPSA) is 63.2 Å². The van der Waals surface area contributed by atoms with E-state index in [0.717, 1.165) is 28.4 Å². The van der Waals surface area contributed by atoms with Crippen molar-refractivity contribution in [2.45, 2.75) is 39.8 Å². The van der Waals surface area contributed by atoms with Gasteiger partial charge in [-0.05, 0) is 52.0 Å². The van der Waals surface area contributed by atoms with Gasteiger partial charge in [-0.15, -0.1) is 0 Å². The summed E-state index contributed by atoms with van der Waals surface area (Å²) in [6, 6.07) is 13.8. The van der Waals surface area contributed by atoms with Crippen molar-refractivity contribution in [3.05, 3.63) is 70.9 Å².